The quantitative estimate of drug-likeness (QED) is 0.909. The van der Waals surface area contributed by atoms with E-state index in [9.17, 15) is 4.79 Å². The summed E-state index contributed by atoms with van der Waals surface area (Å²) in [6.45, 7) is 6.27. The number of anilines is 1. The van der Waals surface area contributed by atoms with Crippen molar-refractivity contribution < 1.29 is 4.79 Å². The molecule has 4 nitrogen and oxygen atoms in total. The molecule has 1 aromatic heterocycles. The second-order valence-electron chi connectivity index (χ2n) is 4.98. The number of amides is 1. The Labute approximate surface area is 123 Å². The Morgan fingerprint density at radius 2 is 2.20 bits per heavy atom. The molecular weight excluding hydrogens is 270 g/mol. The van der Waals surface area contributed by atoms with Crippen molar-refractivity contribution in [2.75, 3.05) is 11.9 Å². The number of thiazole rings is 1. The minimum absolute atomic E-state index is 0.0889. The highest BCUT2D eigenvalue weighted by molar-refractivity contribution is 7.14. The molecule has 2 aromatic rings. The lowest BCUT2D eigenvalue weighted by atomic mass is 10.0. The minimum atomic E-state index is -0.205. The highest BCUT2D eigenvalue weighted by Crippen LogP contribution is 2.28. The van der Waals surface area contributed by atoms with Crippen LogP contribution in [0.4, 0.5) is 5.13 Å². The molecular formula is C15H19N3OS. The van der Waals surface area contributed by atoms with Gasteiger partial charge in [-0.05, 0) is 19.4 Å². The number of carbonyl (C=O) groups is 1. The van der Waals surface area contributed by atoms with E-state index < -0.39 is 0 Å². The molecule has 0 aliphatic carbocycles. The number of aryl methyl sites for hydroxylation is 2. The van der Waals surface area contributed by atoms with E-state index in [2.05, 4.69) is 42.3 Å². The Balaban J connectivity index is 2.18. The van der Waals surface area contributed by atoms with Crippen LogP contribution in [0.25, 0.3) is 11.3 Å². The van der Waals surface area contributed by atoms with Crippen molar-refractivity contribution in [3.63, 3.8) is 0 Å². The first-order chi connectivity index (χ1) is 9.51. The van der Waals surface area contributed by atoms with E-state index in [-0.39, 0.29) is 11.8 Å². The van der Waals surface area contributed by atoms with Crippen molar-refractivity contribution in [2.45, 2.75) is 20.8 Å². The van der Waals surface area contributed by atoms with E-state index in [0.29, 0.717) is 11.7 Å². The van der Waals surface area contributed by atoms with Crippen LogP contribution in [0.1, 0.15) is 18.1 Å². The molecule has 0 radical (unpaired) electrons. The molecule has 1 heterocycles. The normalized spacial score (nSPS) is 12.2. The van der Waals surface area contributed by atoms with E-state index in [0.717, 1.165) is 11.3 Å². The largest absolute Gasteiger partial charge is 0.330 e. The van der Waals surface area contributed by atoms with Crippen LogP contribution in [-0.2, 0) is 4.79 Å². The molecule has 0 bridgehead atoms. The van der Waals surface area contributed by atoms with Gasteiger partial charge in [0.1, 0.15) is 0 Å². The summed E-state index contributed by atoms with van der Waals surface area (Å²) in [6, 6.07) is 6.26. The topological polar surface area (TPSA) is 68.0 Å². The third-order valence-electron chi connectivity index (χ3n) is 3.19. The predicted octanol–water partition coefficient (Wildman–Crippen LogP) is 2.96. The number of rotatable bonds is 4. The highest BCUT2D eigenvalue weighted by Gasteiger charge is 2.13. The molecule has 1 aromatic carbocycles. The zero-order valence-electron chi connectivity index (χ0n) is 11.9. The van der Waals surface area contributed by atoms with E-state index in [1.165, 1.54) is 22.5 Å². The maximum absolute atomic E-state index is 11.8. The van der Waals surface area contributed by atoms with Gasteiger partial charge in [-0.25, -0.2) is 4.98 Å². The van der Waals surface area contributed by atoms with E-state index in [1.807, 2.05) is 5.38 Å². The van der Waals surface area contributed by atoms with Crippen LogP contribution in [-0.4, -0.2) is 17.4 Å². The van der Waals surface area contributed by atoms with Crippen molar-refractivity contribution >= 4 is 22.4 Å². The fourth-order valence-corrected chi connectivity index (χ4v) is 2.60. The lowest BCUT2D eigenvalue weighted by molar-refractivity contribution is -0.119. The van der Waals surface area contributed by atoms with Gasteiger partial charge in [-0.2, -0.15) is 0 Å². The fourth-order valence-electron chi connectivity index (χ4n) is 1.89. The zero-order valence-corrected chi connectivity index (χ0v) is 12.8. The van der Waals surface area contributed by atoms with Crippen LogP contribution in [0, 0.1) is 19.8 Å². The van der Waals surface area contributed by atoms with Crippen LogP contribution in [0.5, 0.6) is 0 Å². The smallest absolute Gasteiger partial charge is 0.230 e. The average molecular weight is 289 g/mol. The van der Waals surface area contributed by atoms with E-state index in [1.54, 1.807) is 6.92 Å². The molecule has 2 rings (SSSR count). The van der Waals surface area contributed by atoms with Crippen molar-refractivity contribution in [1.82, 2.24) is 4.98 Å². The summed E-state index contributed by atoms with van der Waals surface area (Å²) in [5.74, 6) is -0.294. The summed E-state index contributed by atoms with van der Waals surface area (Å²) in [7, 11) is 0. The van der Waals surface area contributed by atoms with Gasteiger partial charge in [-0.1, -0.05) is 30.7 Å². The molecule has 3 N–H and O–H groups in total. The van der Waals surface area contributed by atoms with Gasteiger partial charge >= 0.3 is 0 Å². The Morgan fingerprint density at radius 1 is 1.45 bits per heavy atom. The third kappa shape index (κ3) is 3.23. The molecule has 0 spiro atoms. The maximum Gasteiger partial charge on any atom is 0.230 e. The molecule has 1 amide bonds. The van der Waals surface area contributed by atoms with Gasteiger partial charge in [0.25, 0.3) is 0 Å². The van der Waals surface area contributed by atoms with Crippen molar-refractivity contribution in [1.29, 1.82) is 0 Å². The zero-order chi connectivity index (χ0) is 14.7. The molecule has 5 heteroatoms. The second kappa shape index (κ2) is 6.15. The Kier molecular flexibility index (Phi) is 4.52. The number of hydrogen-bond donors (Lipinski definition) is 2. The summed E-state index contributed by atoms with van der Waals surface area (Å²) in [4.78, 5) is 16.2. The molecule has 1 atom stereocenters. The molecule has 20 heavy (non-hydrogen) atoms. The first-order valence-corrected chi connectivity index (χ1v) is 7.43. The van der Waals surface area contributed by atoms with E-state index in [4.69, 9.17) is 5.73 Å². The van der Waals surface area contributed by atoms with Gasteiger partial charge in [0.05, 0.1) is 5.69 Å². The fraction of sp³-hybridized carbons (Fsp3) is 0.333. The number of nitrogens with two attached hydrogens (primary N) is 1. The highest BCUT2D eigenvalue weighted by atomic mass is 32.1. The number of benzene rings is 1. The molecule has 0 aliphatic heterocycles. The first-order valence-electron chi connectivity index (χ1n) is 6.55. The third-order valence-corrected chi connectivity index (χ3v) is 3.95. The van der Waals surface area contributed by atoms with Gasteiger partial charge in [0, 0.05) is 23.4 Å². The SMILES string of the molecule is Cc1ccc(-c2csc(NC(=O)C(C)CN)n2)c(C)c1. The summed E-state index contributed by atoms with van der Waals surface area (Å²) in [5, 5.41) is 5.38. The number of carbonyl (C=O) groups excluding carboxylic acids is 1. The lowest BCUT2D eigenvalue weighted by Gasteiger charge is -2.07. The molecule has 0 saturated heterocycles. The Morgan fingerprint density at radius 3 is 2.85 bits per heavy atom. The number of nitrogens with zero attached hydrogens (tertiary/aromatic N) is 1. The first kappa shape index (κ1) is 14.7. The monoisotopic (exact) mass is 289 g/mol. The molecule has 106 valence electrons. The average Bonchev–Trinajstić information content (AvgIpc) is 2.85. The lowest BCUT2D eigenvalue weighted by Crippen LogP contribution is -2.26. The van der Waals surface area contributed by atoms with Crippen LogP contribution in [0.2, 0.25) is 0 Å². The Bertz CT molecular complexity index is 621. The summed E-state index contributed by atoms with van der Waals surface area (Å²) >= 11 is 1.43. The van der Waals surface area contributed by atoms with Gasteiger partial charge in [-0.15, -0.1) is 11.3 Å². The van der Waals surface area contributed by atoms with Crippen LogP contribution in [0.3, 0.4) is 0 Å². The number of nitrogens with one attached hydrogen (secondary N) is 1. The maximum atomic E-state index is 11.8. The standard InChI is InChI=1S/C15H19N3OS/c1-9-4-5-12(10(2)6-9)13-8-20-15(17-13)18-14(19)11(3)7-16/h4-6,8,11H,7,16H2,1-3H3,(H,17,18,19). The predicted molar refractivity (Wildman–Crippen MR) is 83.9 cm³/mol. The Hall–Kier alpha value is -1.72. The van der Waals surface area contributed by atoms with Crippen LogP contribution < -0.4 is 11.1 Å². The van der Waals surface area contributed by atoms with Crippen LogP contribution >= 0.6 is 11.3 Å². The van der Waals surface area contributed by atoms with Crippen LogP contribution in [0.15, 0.2) is 23.6 Å². The minimum Gasteiger partial charge on any atom is -0.330 e. The van der Waals surface area contributed by atoms with Crippen molar-refractivity contribution in [2.24, 2.45) is 11.7 Å². The summed E-state index contributed by atoms with van der Waals surface area (Å²) in [5.41, 5.74) is 9.88. The van der Waals surface area contributed by atoms with Gasteiger partial charge in [0.2, 0.25) is 5.91 Å². The van der Waals surface area contributed by atoms with Gasteiger partial charge in [0.15, 0.2) is 5.13 Å². The number of hydrogen-bond acceptors (Lipinski definition) is 4. The number of aromatic nitrogens is 1. The molecule has 0 aliphatic rings. The van der Waals surface area contributed by atoms with Gasteiger partial charge in [-0.3, -0.25) is 4.79 Å². The van der Waals surface area contributed by atoms with Gasteiger partial charge < -0.3 is 11.1 Å². The summed E-state index contributed by atoms with van der Waals surface area (Å²) < 4.78 is 0. The molecule has 0 fully saturated rings. The summed E-state index contributed by atoms with van der Waals surface area (Å²) in [6.07, 6.45) is 0. The molecule has 1 unspecified atom stereocenters. The van der Waals surface area contributed by atoms with E-state index >= 15 is 0 Å². The van der Waals surface area contributed by atoms with Crippen molar-refractivity contribution in [3.05, 3.63) is 34.7 Å². The second-order valence-corrected chi connectivity index (χ2v) is 5.84. The molecule has 0 saturated carbocycles. The van der Waals surface area contributed by atoms with Crippen molar-refractivity contribution in [3.8, 4) is 11.3 Å².